The summed E-state index contributed by atoms with van der Waals surface area (Å²) in [5.41, 5.74) is 0.516. The molecule has 1 saturated carbocycles. The van der Waals surface area contributed by atoms with Gasteiger partial charge in [-0.25, -0.2) is 0 Å². The smallest absolute Gasteiger partial charge is 0.0174 e. The summed E-state index contributed by atoms with van der Waals surface area (Å²) in [4.78, 5) is 0.798. The van der Waals surface area contributed by atoms with E-state index >= 15 is 0 Å². The Kier molecular flexibility index (Phi) is 4.96. The summed E-state index contributed by atoms with van der Waals surface area (Å²) < 4.78 is 0. The minimum Gasteiger partial charge on any atom is -0.0888 e. The second kappa shape index (κ2) is 5.53. The zero-order valence-electron chi connectivity index (χ0n) is 9.98. The largest absolute Gasteiger partial charge is 0.0888 e. The molecule has 0 saturated heterocycles. The van der Waals surface area contributed by atoms with Crippen LogP contribution in [0.15, 0.2) is 0 Å². The van der Waals surface area contributed by atoms with E-state index in [9.17, 15) is 0 Å². The zero-order valence-corrected chi connectivity index (χ0v) is 11.6. The highest BCUT2D eigenvalue weighted by Gasteiger charge is 2.22. The predicted octanol–water partition coefficient (Wildman–Crippen LogP) is 5.16. The van der Waals surface area contributed by atoms with Crippen LogP contribution < -0.4 is 0 Å². The summed E-state index contributed by atoms with van der Waals surface area (Å²) in [6.07, 6.45) is 9.98. The van der Waals surface area contributed by atoms with Crippen molar-refractivity contribution in [1.29, 1.82) is 0 Å². The Labute approximate surface area is 98.0 Å². The van der Waals surface area contributed by atoms with Gasteiger partial charge in [0, 0.05) is 4.83 Å². The molecule has 0 nitrogen and oxygen atoms in total. The van der Waals surface area contributed by atoms with Gasteiger partial charge in [0.15, 0.2) is 0 Å². The first-order valence-electron chi connectivity index (χ1n) is 6.13. The molecule has 1 heteroatoms. The van der Waals surface area contributed by atoms with Crippen molar-refractivity contribution in [1.82, 2.24) is 0 Å². The summed E-state index contributed by atoms with van der Waals surface area (Å²) in [6, 6.07) is 0. The minimum absolute atomic E-state index is 0.516. The highest BCUT2D eigenvalue weighted by Crippen LogP contribution is 2.34. The van der Waals surface area contributed by atoms with Gasteiger partial charge in [-0.05, 0) is 37.0 Å². The lowest BCUT2D eigenvalue weighted by atomic mass is 9.88. The summed E-state index contributed by atoms with van der Waals surface area (Å²) in [5, 5.41) is 0. The monoisotopic (exact) mass is 260 g/mol. The van der Waals surface area contributed by atoms with Crippen molar-refractivity contribution >= 4 is 15.9 Å². The fourth-order valence-corrected chi connectivity index (χ4v) is 3.23. The van der Waals surface area contributed by atoms with Crippen molar-refractivity contribution in [3.63, 3.8) is 0 Å². The van der Waals surface area contributed by atoms with Crippen molar-refractivity contribution in [3.8, 4) is 0 Å². The fraction of sp³-hybridized carbons (Fsp3) is 1.00. The van der Waals surface area contributed by atoms with E-state index < -0.39 is 0 Å². The summed E-state index contributed by atoms with van der Waals surface area (Å²) in [5.74, 6) is 0.981. The maximum atomic E-state index is 3.87. The molecule has 0 aromatic rings. The van der Waals surface area contributed by atoms with Crippen LogP contribution in [0, 0.1) is 11.3 Å². The van der Waals surface area contributed by atoms with Gasteiger partial charge in [-0.3, -0.25) is 0 Å². The molecule has 1 atom stereocenters. The Morgan fingerprint density at radius 1 is 1.21 bits per heavy atom. The van der Waals surface area contributed by atoms with Gasteiger partial charge in [0.1, 0.15) is 0 Å². The first-order valence-corrected chi connectivity index (χ1v) is 7.05. The second-order valence-corrected chi connectivity index (χ2v) is 7.19. The number of halogens is 1. The topological polar surface area (TPSA) is 0 Å². The van der Waals surface area contributed by atoms with Crippen LogP contribution in [0.2, 0.25) is 0 Å². The third-order valence-electron chi connectivity index (χ3n) is 3.32. The molecule has 0 N–H and O–H groups in total. The average molecular weight is 261 g/mol. The third kappa shape index (κ3) is 4.82. The van der Waals surface area contributed by atoms with Crippen LogP contribution in [0.25, 0.3) is 0 Å². The van der Waals surface area contributed by atoms with Crippen LogP contribution in [0.5, 0.6) is 0 Å². The molecule has 0 heterocycles. The van der Waals surface area contributed by atoms with Crippen molar-refractivity contribution in [3.05, 3.63) is 0 Å². The van der Waals surface area contributed by atoms with Gasteiger partial charge in [0.2, 0.25) is 0 Å². The third-order valence-corrected chi connectivity index (χ3v) is 4.52. The van der Waals surface area contributed by atoms with E-state index in [0.717, 1.165) is 10.7 Å². The lowest BCUT2D eigenvalue weighted by molar-refractivity contribution is 0.351. The van der Waals surface area contributed by atoms with Crippen LogP contribution in [-0.4, -0.2) is 4.83 Å². The molecule has 0 bridgehead atoms. The van der Waals surface area contributed by atoms with Crippen molar-refractivity contribution in [2.24, 2.45) is 11.3 Å². The molecule has 0 aromatic carbocycles. The van der Waals surface area contributed by atoms with Crippen molar-refractivity contribution in [2.45, 2.75) is 70.5 Å². The molecule has 1 aliphatic carbocycles. The van der Waals surface area contributed by atoms with E-state index in [0.29, 0.717) is 5.41 Å². The van der Waals surface area contributed by atoms with Gasteiger partial charge < -0.3 is 0 Å². The van der Waals surface area contributed by atoms with E-state index in [2.05, 4.69) is 36.7 Å². The minimum atomic E-state index is 0.516. The van der Waals surface area contributed by atoms with Gasteiger partial charge in [-0.15, -0.1) is 0 Å². The maximum absolute atomic E-state index is 3.87. The molecule has 1 fully saturated rings. The molecule has 84 valence electrons. The van der Waals surface area contributed by atoms with E-state index in [-0.39, 0.29) is 0 Å². The molecule has 0 amide bonds. The van der Waals surface area contributed by atoms with Crippen LogP contribution in [-0.2, 0) is 0 Å². The Morgan fingerprint density at radius 3 is 2.29 bits per heavy atom. The molecule has 14 heavy (non-hydrogen) atoms. The van der Waals surface area contributed by atoms with Crippen molar-refractivity contribution < 1.29 is 0 Å². The average Bonchev–Trinajstić information content (AvgIpc) is 2.53. The van der Waals surface area contributed by atoms with Crippen LogP contribution in [0.1, 0.15) is 65.7 Å². The predicted molar refractivity (Wildman–Crippen MR) is 68.0 cm³/mol. The summed E-state index contributed by atoms with van der Waals surface area (Å²) in [7, 11) is 0. The Hall–Kier alpha value is 0.480. The van der Waals surface area contributed by atoms with Crippen LogP contribution >= 0.6 is 15.9 Å². The summed E-state index contributed by atoms with van der Waals surface area (Å²) in [6.45, 7) is 7.02. The zero-order chi connectivity index (χ0) is 10.6. The number of alkyl halides is 1. The first kappa shape index (κ1) is 12.5. The van der Waals surface area contributed by atoms with Gasteiger partial charge in [-0.1, -0.05) is 56.0 Å². The number of rotatable bonds is 4. The lowest BCUT2D eigenvalue weighted by Gasteiger charge is -2.21. The van der Waals surface area contributed by atoms with E-state index in [1.54, 1.807) is 0 Å². The highest BCUT2D eigenvalue weighted by atomic mass is 79.9. The fourth-order valence-electron chi connectivity index (χ4n) is 2.38. The molecule has 0 spiro atoms. The van der Waals surface area contributed by atoms with E-state index in [1.165, 1.54) is 44.9 Å². The molecule has 1 aliphatic rings. The molecule has 0 radical (unpaired) electrons. The summed E-state index contributed by atoms with van der Waals surface area (Å²) >= 11 is 3.87. The SMILES string of the molecule is CC(C)(C)CCCC(Br)C1CCCC1. The maximum Gasteiger partial charge on any atom is 0.0174 e. The van der Waals surface area contributed by atoms with Gasteiger partial charge in [0.25, 0.3) is 0 Å². The Balaban J connectivity index is 2.11. The van der Waals surface area contributed by atoms with Gasteiger partial charge in [-0.2, -0.15) is 0 Å². The van der Waals surface area contributed by atoms with E-state index in [1.807, 2.05) is 0 Å². The molecular weight excluding hydrogens is 236 g/mol. The standard InChI is InChI=1S/C13H25Br/c1-13(2,3)10-6-9-12(14)11-7-4-5-8-11/h11-12H,4-10H2,1-3H3. The highest BCUT2D eigenvalue weighted by molar-refractivity contribution is 9.09. The van der Waals surface area contributed by atoms with Gasteiger partial charge in [0.05, 0.1) is 0 Å². The lowest BCUT2D eigenvalue weighted by Crippen LogP contribution is -2.12. The Morgan fingerprint density at radius 2 is 1.79 bits per heavy atom. The van der Waals surface area contributed by atoms with Crippen LogP contribution in [0.4, 0.5) is 0 Å². The first-order chi connectivity index (χ1) is 6.49. The quantitative estimate of drug-likeness (QED) is 0.613. The molecule has 1 rings (SSSR count). The van der Waals surface area contributed by atoms with Crippen molar-refractivity contribution in [2.75, 3.05) is 0 Å². The Bertz CT molecular complexity index is 151. The van der Waals surface area contributed by atoms with E-state index in [4.69, 9.17) is 0 Å². The molecule has 1 unspecified atom stereocenters. The normalized spacial score (nSPS) is 21.4. The second-order valence-electron chi connectivity index (χ2n) is 6.01. The number of hydrogen-bond donors (Lipinski definition) is 0. The molecular formula is C13H25Br. The molecule has 0 aliphatic heterocycles. The molecule has 0 aromatic heterocycles. The van der Waals surface area contributed by atoms with Gasteiger partial charge >= 0.3 is 0 Å². The number of hydrogen-bond acceptors (Lipinski definition) is 0. The van der Waals surface area contributed by atoms with Crippen LogP contribution in [0.3, 0.4) is 0 Å².